The zero-order chi connectivity index (χ0) is 14.3. The van der Waals surface area contributed by atoms with Gasteiger partial charge in [0.2, 0.25) is 0 Å². The van der Waals surface area contributed by atoms with Crippen LogP contribution in [0.2, 0.25) is 0 Å². The highest BCUT2D eigenvalue weighted by molar-refractivity contribution is 9.10. The highest BCUT2D eigenvalue weighted by Crippen LogP contribution is 2.24. The molecule has 0 saturated heterocycles. The number of benzene rings is 2. The Kier molecular flexibility index (Phi) is 3.48. The normalized spacial score (nSPS) is 11.2. The van der Waals surface area contributed by atoms with Crippen molar-refractivity contribution in [2.75, 3.05) is 0 Å². The van der Waals surface area contributed by atoms with E-state index in [4.69, 9.17) is 12.2 Å². The molecule has 0 aliphatic carbocycles. The first-order valence-electron chi connectivity index (χ1n) is 6.18. The number of aromatic amines is 1. The van der Waals surface area contributed by atoms with Gasteiger partial charge in [-0.1, -0.05) is 24.3 Å². The summed E-state index contributed by atoms with van der Waals surface area (Å²) >= 11 is 8.57. The molecular weight excluding hydrogens is 339 g/mol. The van der Waals surface area contributed by atoms with Gasteiger partial charge in [-0.05, 0) is 52.3 Å². The molecule has 0 aliphatic rings. The largest absolute Gasteiger partial charge is 0.330 e. The molecule has 1 N–H and O–H groups in total. The zero-order valence-electron chi connectivity index (χ0n) is 10.8. The van der Waals surface area contributed by atoms with Crippen molar-refractivity contribution in [3.63, 3.8) is 0 Å². The molecule has 2 aromatic carbocycles. The summed E-state index contributed by atoms with van der Waals surface area (Å²) in [5.74, 6) is -0.295. The van der Waals surface area contributed by atoms with Gasteiger partial charge < -0.3 is 9.55 Å². The molecule has 5 heteroatoms. The summed E-state index contributed by atoms with van der Waals surface area (Å²) in [5.41, 5.74) is 4.02. The quantitative estimate of drug-likeness (QED) is 0.648. The number of nitrogens with zero attached hydrogens (tertiary/aromatic N) is 1. The molecular formula is C15H12BrFN2S. The van der Waals surface area contributed by atoms with Crippen molar-refractivity contribution in [3.8, 4) is 0 Å². The minimum absolute atomic E-state index is 0.295. The van der Waals surface area contributed by atoms with E-state index in [0.717, 1.165) is 5.52 Å². The van der Waals surface area contributed by atoms with E-state index in [-0.39, 0.29) is 5.82 Å². The molecule has 0 saturated carbocycles. The molecule has 0 atom stereocenters. The van der Waals surface area contributed by atoms with Crippen molar-refractivity contribution >= 4 is 39.2 Å². The third-order valence-corrected chi connectivity index (χ3v) is 4.34. The average molecular weight is 351 g/mol. The van der Waals surface area contributed by atoms with Crippen LogP contribution in [0.3, 0.4) is 0 Å². The summed E-state index contributed by atoms with van der Waals surface area (Å²) in [4.78, 5) is 3.05. The van der Waals surface area contributed by atoms with Crippen LogP contribution in [-0.4, -0.2) is 9.55 Å². The van der Waals surface area contributed by atoms with Gasteiger partial charge in [0.05, 0.1) is 22.1 Å². The molecule has 1 heterocycles. The number of rotatable bonds is 2. The summed E-state index contributed by atoms with van der Waals surface area (Å²) in [6, 6.07) is 11.4. The molecule has 0 radical (unpaired) electrons. The molecule has 20 heavy (non-hydrogen) atoms. The molecule has 2 nitrogen and oxygen atoms in total. The number of fused-ring (bicyclic) bond motifs is 1. The maximum absolute atomic E-state index is 13.6. The zero-order valence-corrected chi connectivity index (χ0v) is 13.2. The molecule has 3 rings (SSSR count). The number of aromatic nitrogens is 2. The molecule has 0 bridgehead atoms. The molecule has 0 amide bonds. The summed E-state index contributed by atoms with van der Waals surface area (Å²) in [6.07, 6.45) is 0. The van der Waals surface area contributed by atoms with Gasteiger partial charge in [-0.15, -0.1) is 0 Å². The van der Waals surface area contributed by atoms with E-state index in [1.807, 2.05) is 16.7 Å². The number of nitrogens with one attached hydrogen (secondary N) is 1. The van der Waals surface area contributed by atoms with Crippen molar-refractivity contribution in [1.82, 2.24) is 9.55 Å². The van der Waals surface area contributed by atoms with Crippen molar-refractivity contribution in [3.05, 3.63) is 62.6 Å². The van der Waals surface area contributed by atoms with Crippen molar-refractivity contribution in [2.45, 2.75) is 13.5 Å². The second kappa shape index (κ2) is 5.14. The molecule has 0 aliphatic heterocycles. The molecule has 0 unspecified atom stereocenters. The number of hydrogen-bond acceptors (Lipinski definition) is 1. The first-order chi connectivity index (χ1) is 9.56. The minimum Gasteiger partial charge on any atom is -0.330 e. The predicted octanol–water partition coefficient (Wildman–Crippen LogP) is 4.96. The summed E-state index contributed by atoms with van der Waals surface area (Å²) < 4.78 is 16.6. The number of aryl methyl sites for hydroxylation is 1. The highest BCUT2D eigenvalue weighted by Gasteiger charge is 2.09. The Morgan fingerprint density at radius 2 is 2.05 bits per heavy atom. The van der Waals surface area contributed by atoms with E-state index in [1.165, 1.54) is 17.2 Å². The Bertz CT molecular complexity index is 851. The summed E-state index contributed by atoms with van der Waals surface area (Å²) in [6.45, 7) is 2.74. The van der Waals surface area contributed by atoms with Gasteiger partial charge in [-0.3, -0.25) is 0 Å². The maximum atomic E-state index is 13.6. The highest BCUT2D eigenvalue weighted by atomic mass is 79.9. The van der Waals surface area contributed by atoms with Crippen LogP contribution in [0.1, 0.15) is 11.1 Å². The lowest BCUT2D eigenvalue weighted by Crippen LogP contribution is -2.01. The molecule has 1 aromatic heterocycles. The third-order valence-electron chi connectivity index (χ3n) is 3.41. The fraction of sp³-hybridized carbons (Fsp3) is 0.133. The van der Waals surface area contributed by atoms with Gasteiger partial charge in [0.1, 0.15) is 5.82 Å². The molecule has 0 fully saturated rings. The monoisotopic (exact) mass is 350 g/mol. The van der Waals surface area contributed by atoms with Crippen LogP contribution in [0.5, 0.6) is 0 Å². The smallest absolute Gasteiger partial charge is 0.178 e. The summed E-state index contributed by atoms with van der Waals surface area (Å²) in [5, 5.41) is 0. The number of hydrogen-bond donors (Lipinski definition) is 1. The van der Waals surface area contributed by atoms with Crippen LogP contribution < -0.4 is 0 Å². The van der Waals surface area contributed by atoms with E-state index in [0.29, 0.717) is 21.3 Å². The summed E-state index contributed by atoms with van der Waals surface area (Å²) in [7, 11) is 0. The average Bonchev–Trinajstić information content (AvgIpc) is 2.69. The Hall–Kier alpha value is -1.46. The Morgan fingerprint density at radius 3 is 2.80 bits per heavy atom. The third kappa shape index (κ3) is 2.31. The first-order valence-corrected chi connectivity index (χ1v) is 7.38. The standard InChI is InChI=1S/C15H12BrFN2S/c1-9-4-2-3-5-10(9)8-19-14-6-11(16)12(17)7-13(14)18-15(19)20/h2-7H,8H2,1H3,(H,18,20). The molecule has 102 valence electrons. The van der Waals surface area contributed by atoms with Crippen LogP contribution in [0.15, 0.2) is 40.9 Å². The Morgan fingerprint density at radius 1 is 1.30 bits per heavy atom. The van der Waals surface area contributed by atoms with Crippen LogP contribution in [0, 0.1) is 17.5 Å². The van der Waals surface area contributed by atoms with Crippen molar-refractivity contribution in [2.24, 2.45) is 0 Å². The Balaban J connectivity index is 2.17. The first kappa shape index (κ1) is 13.5. The fourth-order valence-electron chi connectivity index (χ4n) is 2.27. The lowest BCUT2D eigenvalue weighted by Gasteiger charge is -2.08. The molecule has 3 aromatic rings. The van der Waals surface area contributed by atoms with E-state index in [9.17, 15) is 4.39 Å². The van der Waals surface area contributed by atoms with Gasteiger partial charge in [0.15, 0.2) is 4.77 Å². The maximum Gasteiger partial charge on any atom is 0.178 e. The van der Waals surface area contributed by atoms with E-state index in [2.05, 4.69) is 40.0 Å². The number of imidazole rings is 1. The second-order valence-corrected chi connectivity index (χ2v) is 5.97. The van der Waals surface area contributed by atoms with Crippen LogP contribution in [0.4, 0.5) is 4.39 Å². The second-order valence-electron chi connectivity index (χ2n) is 4.73. The number of halogens is 2. The van der Waals surface area contributed by atoms with E-state index >= 15 is 0 Å². The van der Waals surface area contributed by atoms with Gasteiger partial charge in [0, 0.05) is 6.07 Å². The van der Waals surface area contributed by atoms with Crippen molar-refractivity contribution in [1.29, 1.82) is 0 Å². The van der Waals surface area contributed by atoms with Gasteiger partial charge >= 0.3 is 0 Å². The SMILES string of the molecule is Cc1ccccc1Cn1c(=S)[nH]c2cc(F)c(Br)cc21. The Labute approximate surface area is 129 Å². The number of H-pyrrole nitrogens is 1. The van der Waals surface area contributed by atoms with Crippen LogP contribution >= 0.6 is 28.1 Å². The van der Waals surface area contributed by atoms with Crippen molar-refractivity contribution < 1.29 is 4.39 Å². The lowest BCUT2D eigenvalue weighted by atomic mass is 10.1. The fourth-order valence-corrected chi connectivity index (χ4v) is 2.87. The van der Waals surface area contributed by atoms with E-state index < -0.39 is 0 Å². The van der Waals surface area contributed by atoms with Crippen LogP contribution in [-0.2, 0) is 6.54 Å². The topological polar surface area (TPSA) is 20.7 Å². The van der Waals surface area contributed by atoms with Gasteiger partial charge in [0.25, 0.3) is 0 Å². The predicted molar refractivity (Wildman–Crippen MR) is 85.1 cm³/mol. The van der Waals surface area contributed by atoms with Crippen LogP contribution in [0.25, 0.3) is 11.0 Å². The van der Waals surface area contributed by atoms with Gasteiger partial charge in [-0.2, -0.15) is 0 Å². The molecule has 0 spiro atoms. The van der Waals surface area contributed by atoms with E-state index in [1.54, 1.807) is 6.07 Å². The minimum atomic E-state index is -0.295. The van der Waals surface area contributed by atoms with Gasteiger partial charge in [-0.25, -0.2) is 4.39 Å². The lowest BCUT2D eigenvalue weighted by molar-refractivity contribution is 0.622.